The topological polar surface area (TPSA) is 107 Å². The van der Waals surface area contributed by atoms with Gasteiger partial charge in [-0.1, -0.05) is 29.4 Å². The van der Waals surface area contributed by atoms with E-state index in [2.05, 4.69) is 4.74 Å². The first kappa shape index (κ1) is 28.9. The molecule has 17 heteroatoms. The van der Waals surface area contributed by atoms with Gasteiger partial charge in [0.2, 0.25) is 0 Å². The highest BCUT2D eigenvalue weighted by molar-refractivity contribution is 7.85. The fraction of sp³-hybridized carbons (Fsp3) is 0.500. The second-order valence-electron chi connectivity index (χ2n) is 6.65. The predicted octanol–water partition coefficient (Wildman–Crippen LogP) is 0.313. The van der Waals surface area contributed by atoms with Crippen LogP contribution in [0.3, 0.4) is 0 Å². The smallest absolute Gasteiger partial charge is 0.438 e. The molecular weight excluding hydrogens is 483 g/mol. The minimum absolute atomic E-state index is 0.0754. The van der Waals surface area contributed by atoms with E-state index in [-0.39, 0.29) is 28.6 Å². The van der Waals surface area contributed by atoms with Crippen LogP contribution in [0.5, 0.6) is 5.75 Å². The van der Waals surface area contributed by atoms with Crippen LogP contribution in [0.2, 0.25) is 0 Å². The Balaban J connectivity index is 2.90. The van der Waals surface area contributed by atoms with Crippen LogP contribution in [0.4, 0.5) is 26.3 Å². The summed E-state index contributed by atoms with van der Waals surface area (Å²) in [5.74, 6) is -6.36. The number of benzene rings is 1. The Labute approximate surface area is 188 Å². The number of hydrogen-bond donors (Lipinski definition) is 1. The number of carbonyl (C=O) groups excluding carboxylic acids is 2. The Morgan fingerprint density at radius 1 is 0.970 bits per heavy atom. The molecule has 0 saturated heterocycles. The van der Waals surface area contributed by atoms with Gasteiger partial charge in [-0.2, -0.15) is 34.8 Å². The van der Waals surface area contributed by atoms with Gasteiger partial charge in [0.1, 0.15) is 27.2 Å². The van der Waals surface area contributed by atoms with Crippen LogP contribution in [-0.4, -0.2) is 72.2 Å². The molecule has 33 heavy (non-hydrogen) atoms. The van der Waals surface area contributed by atoms with E-state index in [0.29, 0.717) is 0 Å². The summed E-state index contributed by atoms with van der Waals surface area (Å²) in [7, 11) is 10.8. The van der Waals surface area contributed by atoms with Gasteiger partial charge < -0.3 is 9.47 Å². The van der Waals surface area contributed by atoms with Crippen molar-refractivity contribution in [3.63, 3.8) is 0 Å². The van der Waals surface area contributed by atoms with Crippen LogP contribution in [-0.2, 0) is 30.8 Å². The van der Waals surface area contributed by atoms with E-state index < -0.39 is 65.0 Å². The normalized spacial score (nSPS) is 12.9. The van der Waals surface area contributed by atoms with E-state index in [1.807, 2.05) is 0 Å². The summed E-state index contributed by atoms with van der Waals surface area (Å²) >= 11 is 0. The zero-order chi connectivity index (χ0) is 25.8. The first-order valence-corrected chi connectivity index (χ1v) is 10.3. The zero-order valence-corrected chi connectivity index (χ0v) is 17.3. The highest BCUT2D eigenvalue weighted by atomic mass is 32.2. The molecule has 0 saturated carbocycles. The average molecular weight is 496 g/mol. The maximum Gasteiger partial charge on any atom is 0.438 e. The van der Waals surface area contributed by atoms with Crippen LogP contribution in [0.1, 0.15) is 24.8 Å². The van der Waals surface area contributed by atoms with Crippen LogP contribution in [0, 0.1) is 0 Å². The van der Waals surface area contributed by atoms with Gasteiger partial charge in [0.25, 0.3) is 10.1 Å². The molecule has 0 unspecified atom stereocenters. The van der Waals surface area contributed by atoms with Crippen molar-refractivity contribution in [1.29, 1.82) is 0 Å². The van der Waals surface area contributed by atoms with E-state index in [1.54, 1.807) is 0 Å². The third-order valence-electron chi connectivity index (χ3n) is 4.00. The zero-order valence-electron chi connectivity index (χ0n) is 16.5. The molecule has 0 aliphatic rings. The molecule has 0 aliphatic heterocycles. The van der Waals surface area contributed by atoms with Gasteiger partial charge >= 0.3 is 29.9 Å². The van der Waals surface area contributed by atoms with Crippen molar-refractivity contribution in [3.8, 4) is 5.75 Å². The summed E-state index contributed by atoms with van der Waals surface area (Å²) in [5.41, 5.74) is -5.16. The largest absolute Gasteiger partial charge is 0.438 e. The molecule has 7 nitrogen and oxygen atoms in total. The maximum atomic E-state index is 13.1. The molecular formula is C16H13B3F6O7S. The third kappa shape index (κ3) is 7.69. The summed E-state index contributed by atoms with van der Waals surface area (Å²) in [6, 6.07) is 2.58. The van der Waals surface area contributed by atoms with E-state index in [4.69, 9.17) is 32.8 Å². The van der Waals surface area contributed by atoms with E-state index >= 15 is 0 Å². The highest BCUT2D eigenvalue weighted by Gasteiger charge is 2.75. The molecule has 6 radical (unpaired) electrons. The Morgan fingerprint density at radius 3 is 1.94 bits per heavy atom. The predicted molar refractivity (Wildman–Crippen MR) is 104 cm³/mol. The first-order chi connectivity index (χ1) is 14.8. The van der Waals surface area contributed by atoms with Gasteiger partial charge in [-0.25, -0.2) is 0 Å². The average Bonchev–Trinajstić information content (AvgIpc) is 2.60. The third-order valence-corrected chi connectivity index (χ3v) is 4.78. The van der Waals surface area contributed by atoms with Crippen molar-refractivity contribution in [2.45, 2.75) is 43.5 Å². The van der Waals surface area contributed by atoms with E-state index in [0.717, 1.165) is 0 Å². The maximum absolute atomic E-state index is 13.1. The fourth-order valence-electron chi connectivity index (χ4n) is 2.53. The molecule has 0 fully saturated rings. The number of halogens is 6. The van der Waals surface area contributed by atoms with E-state index in [9.17, 15) is 44.3 Å². The number of esters is 2. The Bertz CT molecular complexity index is 982. The Kier molecular flexibility index (Phi) is 9.11. The standard InChI is InChI=1S/C16H13B3F6O7S/c17-6-8-4-9(18)5-10(19)13(8)31-11(26)2-1-3-12(27)32-14(15(20,21)22,16(23,24)25)7-33(28,29)30/h4-5H,1-3,6-7H2,(H,28,29,30). The van der Waals surface area contributed by atoms with Crippen LogP contribution in [0.15, 0.2) is 12.1 Å². The van der Waals surface area contributed by atoms with Crippen molar-refractivity contribution in [3.05, 3.63) is 17.7 Å². The molecule has 0 heterocycles. The van der Waals surface area contributed by atoms with Crippen LogP contribution in [0.25, 0.3) is 0 Å². The number of rotatable bonds is 9. The lowest BCUT2D eigenvalue weighted by Gasteiger charge is -2.35. The van der Waals surface area contributed by atoms with Crippen LogP contribution >= 0.6 is 0 Å². The molecule has 0 bridgehead atoms. The second-order valence-corrected chi connectivity index (χ2v) is 8.11. The number of carbonyl (C=O) groups is 2. The first-order valence-electron chi connectivity index (χ1n) is 8.72. The summed E-state index contributed by atoms with van der Waals surface area (Å²) in [4.78, 5) is 23.6. The van der Waals surface area contributed by atoms with Gasteiger partial charge in [-0.15, -0.1) is 0 Å². The van der Waals surface area contributed by atoms with Crippen molar-refractivity contribution < 1.29 is 58.4 Å². The fourth-order valence-corrected chi connectivity index (χ4v) is 3.43. The molecule has 0 atom stereocenters. The molecule has 0 aliphatic carbocycles. The van der Waals surface area contributed by atoms with Gasteiger partial charge in [-0.05, 0) is 12.0 Å². The Hall–Kier alpha value is -2.16. The monoisotopic (exact) mass is 496 g/mol. The van der Waals surface area contributed by atoms with Gasteiger partial charge in [0, 0.05) is 12.8 Å². The summed E-state index contributed by atoms with van der Waals surface area (Å²) in [5, 5.41) is 0. The summed E-state index contributed by atoms with van der Waals surface area (Å²) in [6.45, 7) is 0. The molecule has 1 aromatic carbocycles. The van der Waals surface area contributed by atoms with Crippen LogP contribution < -0.4 is 15.7 Å². The second kappa shape index (κ2) is 10.4. The molecule has 0 spiro atoms. The molecule has 0 aromatic heterocycles. The van der Waals surface area contributed by atoms with Gasteiger partial charge in [-0.3, -0.25) is 14.1 Å². The molecule has 1 rings (SSSR count). The molecule has 176 valence electrons. The number of ether oxygens (including phenoxy) is 2. The molecule has 1 aromatic rings. The van der Waals surface area contributed by atoms with Crippen molar-refractivity contribution in [1.82, 2.24) is 0 Å². The molecule has 0 amide bonds. The van der Waals surface area contributed by atoms with Gasteiger partial charge in [0.15, 0.2) is 0 Å². The summed E-state index contributed by atoms with van der Waals surface area (Å²) in [6.07, 6.45) is -15.5. The SMILES string of the molecule is [B]Cc1cc([B])cc([B])c1OC(=O)CCCC(=O)OC(CS(=O)(=O)O)(C(F)(F)F)C(F)(F)F. The number of hydrogen-bond acceptors (Lipinski definition) is 6. The van der Waals surface area contributed by atoms with Crippen molar-refractivity contribution >= 4 is 56.5 Å². The van der Waals surface area contributed by atoms with Crippen molar-refractivity contribution in [2.24, 2.45) is 0 Å². The minimum Gasteiger partial charge on any atom is -0.438 e. The van der Waals surface area contributed by atoms with E-state index in [1.165, 1.54) is 12.1 Å². The Morgan fingerprint density at radius 2 is 1.48 bits per heavy atom. The quantitative estimate of drug-likeness (QED) is 0.173. The highest BCUT2D eigenvalue weighted by Crippen LogP contribution is 2.47. The number of alkyl halides is 6. The van der Waals surface area contributed by atoms with Crippen molar-refractivity contribution in [2.75, 3.05) is 5.75 Å². The summed E-state index contributed by atoms with van der Waals surface area (Å²) < 4.78 is 117. The lowest BCUT2D eigenvalue weighted by molar-refractivity contribution is -0.361. The minimum atomic E-state index is -6.44. The lowest BCUT2D eigenvalue weighted by atomic mass is 9.81. The van der Waals surface area contributed by atoms with Gasteiger partial charge in [0.05, 0.1) is 7.85 Å². The molecule has 1 N–H and O–H groups in total. The lowest BCUT2D eigenvalue weighted by Crippen LogP contribution is -2.63.